The SMILES string of the molecule is CCc1cc(Oc2cnc(C(F)(F)F)nc2)cc(N2C[C@H](NC(=O)COC)[C@H](OC)C2)c1. The maximum atomic E-state index is 12.7. The fourth-order valence-corrected chi connectivity index (χ4v) is 3.48. The summed E-state index contributed by atoms with van der Waals surface area (Å²) in [6.07, 6.45) is -2.12. The average molecular weight is 454 g/mol. The van der Waals surface area contributed by atoms with Gasteiger partial charge in [-0.05, 0) is 24.1 Å². The number of methoxy groups -OCH3 is 2. The summed E-state index contributed by atoms with van der Waals surface area (Å²) in [4.78, 5) is 20.6. The van der Waals surface area contributed by atoms with E-state index in [0.717, 1.165) is 30.1 Å². The first-order valence-corrected chi connectivity index (χ1v) is 10.0. The number of carbonyl (C=O) groups excluding carboxylic acids is 1. The fraction of sp³-hybridized carbons (Fsp3) is 0.476. The van der Waals surface area contributed by atoms with Crippen LogP contribution in [0.4, 0.5) is 18.9 Å². The van der Waals surface area contributed by atoms with Crippen LogP contribution in [0, 0.1) is 0 Å². The summed E-state index contributed by atoms with van der Waals surface area (Å²) in [5.74, 6) is -0.909. The van der Waals surface area contributed by atoms with Gasteiger partial charge in [0.05, 0.1) is 24.5 Å². The highest BCUT2D eigenvalue weighted by Gasteiger charge is 2.35. The van der Waals surface area contributed by atoms with E-state index in [0.29, 0.717) is 18.8 Å². The number of hydrogen-bond donors (Lipinski definition) is 1. The number of rotatable bonds is 8. The first-order valence-electron chi connectivity index (χ1n) is 10.0. The lowest BCUT2D eigenvalue weighted by molar-refractivity contribution is -0.145. The lowest BCUT2D eigenvalue weighted by Crippen LogP contribution is -2.44. The zero-order chi connectivity index (χ0) is 23.3. The number of halogens is 3. The number of benzene rings is 1. The molecule has 1 aromatic carbocycles. The summed E-state index contributed by atoms with van der Waals surface area (Å²) in [5.41, 5.74) is 1.82. The van der Waals surface area contributed by atoms with Crippen LogP contribution in [-0.2, 0) is 26.9 Å². The van der Waals surface area contributed by atoms with Gasteiger partial charge in [-0.3, -0.25) is 4.79 Å². The maximum Gasteiger partial charge on any atom is 0.451 e. The molecule has 1 amide bonds. The van der Waals surface area contributed by atoms with Crippen LogP contribution in [0.25, 0.3) is 0 Å². The molecule has 1 aliphatic heterocycles. The predicted octanol–water partition coefficient (Wildman–Crippen LogP) is 2.82. The van der Waals surface area contributed by atoms with Crippen LogP contribution < -0.4 is 15.0 Å². The summed E-state index contributed by atoms with van der Waals surface area (Å²) >= 11 is 0. The molecular formula is C21H25F3N4O4. The highest BCUT2D eigenvalue weighted by atomic mass is 19.4. The highest BCUT2D eigenvalue weighted by molar-refractivity contribution is 5.77. The molecule has 32 heavy (non-hydrogen) atoms. The van der Waals surface area contributed by atoms with Crippen molar-refractivity contribution in [2.24, 2.45) is 0 Å². The summed E-state index contributed by atoms with van der Waals surface area (Å²) in [7, 11) is 3.04. The lowest BCUT2D eigenvalue weighted by Gasteiger charge is -2.20. The van der Waals surface area contributed by atoms with Crippen molar-refractivity contribution < 1.29 is 32.2 Å². The van der Waals surface area contributed by atoms with Crippen LogP contribution in [0.1, 0.15) is 18.3 Å². The van der Waals surface area contributed by atoms with Crippen molar-refractivity contribution in [2.75, 3.05) is 38.8 Å². The number of aromatic nitrogens is 2. The summed E-state index contributed by atoms with van der Waals surface area (Å²) < 4.78 is 54.1. The molecular weight excluding hydrogens is 429 g/mol. The third-order valence-electron chi connectivity index (χ3n) is 5.03. The third-order valence-corrected chi connectivity index (χ3v) is 5.03. The molecule has 174 valence electrons. The van der Waals surface area contributed by atoms with Gasteiger partial charge in [0.1, 0.15) is 12.4 Å². The smallest absolute Gasteiger partial charge is 0.451 e. The standard InChI is InChI=1S/C21H25F3N4O4/c1-4-13-5-14(28-10-17(18(11-28)31-3)27-19(29)12-30-2)7-15(6-13)32-16-8-25-20(26-9-16)21(22,23)24/h5-9,17-18H,4,10-12H2,1-3H3,(H,27,29)/t17-,18+/m0/s1. The molecule has 8 nitrogen and oxygen atoms in total. The van der Waals surface area contributed by atoms with Crippen LogP contribution >= 0.6 is 0 Å². The van der Waals surface area contributed by atoms with Gasteiger partial charge in [-0.25, -0.2) is 9.97 Å². The molecule has 0 bridgehead atoms. The molecule has 0 unspecified atom stereocenters. The first-order chi connectivity index (χ1) is 15.2. The van der Waals surface area contributed by atoms with Gasteiger partial charge in [0.25, 0.3) is 0 Å². The minimum Gasteiger partial charge on any atom is -0.454 e. The van der Waals surface area contributed by atoms with E-state index in [1.165, 1.54) is 7.11 Å². The quantitative estimate of drug-likeness (QED) is 0.657. The number of anilines is 1. The topological polar surface area (TPSA) is 85.8 Å². The van der Waals surface area contributed by atoms with Gasteiger partial charge in [-0.1, -0.05) is 6.92 Å². The maximum absolute atomic E-state index is 12.7. The third kappa shape index (κ3) is 5.86. The number of amides is 1. The van der Waals surface area contributed by atoms with Crippen LogP contribution in [0.15, 0.2) is 30.6 Å². The van der Waals surface area contributed by atoms with E-state index in [9.17, 15) is 18.0 Å². The van der Waals surface area contributed by atoms with Crippen molar-refractivity contribution in [3.63, 3.8) is 0 Å². The van der Waals surface area contributed by atoms with E-state index >= 15 is 0 Å². The molecule has 2 atom stereocenters. The molecule has 0 radical (unpaired) electrons. The minimum absolute atomic E-state index is 0.0363. The number of nitrogens with one attached hydrogen (secondary N) is 1. The Balaban J connectivity index is 1.78. The normalized spacial score (nSPS) is 18.6. The van der Waals surface area contributed by atoms with Gasteiger partial charge in [-0.15, -0.1) is 0 Å². The Bertz CT molecular complexity index is 924. The van der Waals surface area contributed by atoms with E-state index in [1.54, 1.807) is 13.2 Å². The Labute approximate surface area is 183 Å². The van der Waals surface area contributed by atoms with Crippen molar-refractivity contribution in [2.45, 2.75) is 31.7 Å². The second-order valence-electron chi connectivity index (χ2n) is 7.32. The molecule has 1 N–H and O–H groups in total. The Morgan fingerprint density at radius 1 is 1.16 bits per heavy atom. The molecule has 2 heterocycles. The zero-order valence-electron chi connectivity index (χ0n) is 18.0. The Morgan fingerprint density at radius 3 is 2.47 bits per heavy atom. The number of carbonyl (C=O) groups is 1. The van der Waals surface area contributed by atoms with Crippen LogP contribution in [0.3, 0.4) is 0 Å². The van der Waals surface area contributed by atoms with Crippen molar-refractivity contribution in [3.8, 4) is 11.5 Å². The Kier molecular flexibility index (Phi) is 7.52. The van der Waals surface area contributed by atoms with E-state index < -0.39 is 12.0 Å². The number of alkyl halides is 3. The van der Waals surface area contributed by atoms with Gasteiger partial charge < -0.3 is 24.4 Å². The van der Waals surface area contributed by atoms with Gasteiger partial charge in [0.15, 0.2) is 5.75 Å². The molecule has 11 heteroatoms. The van der Waals surface area contributed by atoms with Crippen molar-refractivity contribution >= 4 is 11.6 Å². The van der Waals surface area contributed by atoms with Crippen molar-refractivity contribution in [3.05, 3.63) is 42.0 Å². The second-order valence-corrected chi connectivity index (χ2v) is 7.32. The average Bonchev–Trinajstić information content (AvgIpc) is 3.16. The Morgan fingerprint density at radius 2 is 1.88 bits per heavy atom. The van der Waals surface area contributed by atoms with E-state index in [1.807, 2.05) is 19.1 Å². The van der Waals surface area contributed by atoms with E-state index in [-0.39, 0.29) is 30.4 Å². The molecule has 1 aromatic heterocycles. The monoisotopic (exact) mass is 454 g/mol. The Hall–Kier alpha value is -2.92. The molecule has 1 saturated heterocycles. The van der Waals surface area contributed by atoms with Gasteiger partial charge in [0, 0.05) is 39.1 Å². The number of hydrogen-bond acceptors (Lipinski definition) is 7. The number of aryl methyl sites for hydroxylation is 1. The summed E-state index contributed by atoms with van der Waals surface area (Å²) in [6, 6.07) is 5.37. The fourth-order valence-electron chi connectivity index (χ4n) is 3.48. The largest absolute Gasteiger partial charge is 0.454 e. The van der Waals surface area contributed by atoms with Crippen LogP contribution in [-0.4, -0.2) is 61.9 Å². The number of ether oxygens (including phenoxy) is 3. The molecule has 0 saturated carbocycles. The van der Waals surface area contributed by atoms with Gasteiger partial charge in [-0.2, -0.15) is 13.2 Å². The van der Waals surface area contributed by atoms with E-state index in [4.69, 9.17) is 14.2 Å². The predicted molar refractivity (Wildman–Crippen MR) is 110 cm³/mol. The summed E-state index contributed by atoms with van der Waals surface area (Å²) in [6.45, 7) is 3.01. The first kappa shape index (κ1) is 23.7. The number of nitrogens with zero attached hydrogens (tertiary/aromatic N) is 3. The van der Waals surface area contributed by atoms with Gasteiger partial charge in [0.2, 0.25) is 11.7 Å². The van der Waals surface area contributed by atoms with Crippen LogP contribution in [0.2, 0.25) is 0 Å². The summed E-state index contributed by atoms with van der Waals surface area (Å²) in [5, 5.41) is 2.91. The van der Waals surface area contributed by atoms with Crippen molar-refractivity contribution in [1.82, 2.24) is 15.3 Å². The van der Waals surface area contributed by atoms with Gasteiger partial charge >= 0.3 is 6.18 Å². The molecule has 2 aromatic rings. The highest BCUT2D eigenvalue weighted by Crippen LogP contribution is 2.31. The minimum atomic E-state index is -4.61. The molecule has 1 aliphatic rings. The molecule has 1 fully saturated rings. The molecule has 3 rings (SSSR count). The zero-order valence-corrected chi connectivity index (χ0v) is 18.0. The molecule has 0 spiro atoms. The lowest BCUT2D eigenvalue weighted by atomic mass is 10.1. The van der Waals surface area contributed by atoms with Crippen LogP contribution in [0.5, 0.6) is 11.5 Å². The van der Waals surface area contributed by atoms with E-state index in [2.05, 4.69) is 20.2 Å². The molecule has 0 aliphatic carbocycles. The van der Waals surface area contributed by atoms with Crippen molar-refractivity contribution in [1.29, 1.82) is 0 Å². The second kappa shape index (κ2) is 10.1.